The van der Waals surface area contributed by atoms with Gasteiger partial charge >= 0.3 is 0 Å². The maximum absolute atomic E-state index is 4.46. The van der Waals surface area contributed by atoms with Gasteiger partial charge in [-0.05, 0) is 12.1 Å². The van der Waals surface area contributed by atoms with Crippen molar-refractivity contribution in [1.82, 2.24) is 4.98 Å². The second-order valence-electron chi connectivity index (χ2n) is 2.48. The lowest BCUT2D eigenvalue weighted by Gasteiger charge is -2.05. The van der Waals surface area contributed by atoms with Gasteiger partial charge in [0, 0.05) is 0 Å². The van der Waals surface area contributed by atoms with Gasteiger partial charge in [0.25, 0.3) is 0 Å². The van der Waals surface area contributed by atoms with Crippen LogP contribution in [0.4, 0.5) is 0 Å². The van der Waals surface area contributed by atoms with Crippen LogP contribution in [0.25, 0.3) is 10.2 Å². The van der Waals surface area contributed by atoms with Crippen LogP contribution in [-0.4, -0.2) is 4.98 Å². The zero-order valence-electron chi connectivity index (χ0n) is 6.30. The molecule has 0 radical (unpaired) electrons. The largest absolute Gasteiger partial charge is 0.238 e. The van der Waals surface area contributed by atoms with Crippen LogP contribution in [0.3, 0.4) is 0 Å². The maximum Gasteiger partial charge on any atom is 0.186 e. The topological polar surface area (TPSA) is 12.9 Å². The number of para-hydroxylation sites is 1. The van der Waals surface area contributed by atoms with Gasteiger partial charge < -0.3 is 0 Å². The van der Waals surface area contributed by atoms with Gasteiger partial charge in [-0.25, -0.2) is 4.98 Å². The van der Waals surface area contributed by atoms with Crippen molar-refractivity contribution in [2.75, 3.05) is 0 Å². The average Bonchev–Trinajstić information content (AvgIpc) is 2.45. The number of halogens is 3. The normalized spacial score (nSPS) is 12.2. The molecule has 0 saturated heterocycles. The summed E-state index contributed by atoms with van der Waals surface area (Å²) in [5, 5.41) is 0.966. The van der Waals surface area contributed by atoms with Crippen molar-refractivity contribution in [2.24, 2.45) is 0 Å². The summed E-state index contributed by atoms with van der Waals surface area (Å²) in [7, 11) is 0. The molecule has 1 aromatic carbocycles. The molecule has 0 aliphatic carbocycles. The minimum Gasteiger partial charge on any atom is -0.238 e. The van der Waals surface area contributed by atoms with E-state index in [0.717, 1.165) is 10.5 Å². The third kappa shape index (κ3) is 2.14. The first kappa shape index (κ1) is 10.1. The van der Waals surface area contributed by atoms with Gasteiger partial charge in [0.2, 0.25) is 0 Å². The fourth-order valence-electron chi connectivity index (χ4n) is 0.993. The molecule has 0 bridgehead atoms. The molecule has 2 aromatic rings. The summed E-state index contributed by atoms with van der Waals surface area (Å²) in [4.78, 5) is 4.46. The van der Waals surface area contributed by atoms with E-state index >= 15 is 0 Å². The predicted octanol–water partition coefficient (Wildman–Crippen LogP) is 4.59. The molecule has 0 spiro atoms. The molecule has 1 aromatic heterocycles. The predicted molar refractivity (Wildman–Crippen MR) is 68.1 cm³/mol. The van der Waals surface area contributed by atoms with Crippen molar-refractivity contribution in [3.8, 4) is 0 Å². The van der Waals surface area contributed by atoms with Crippen LogP contribution in [0.5, 0.6) is 0 Å². The molecule has 2 rings (SSSR count). The Balaban J connectivity index is 2.63. The molecule has 0 amide bonds. The zero-order valence-corrected chi connectivity index (χ0v) is 11.9. The highest BCUT2D eigenvalue weighted by Crippen LogP contribution is 2.46. The van der Waals surface area contributed by atoms with E-state index in [1.807, 2.05) is 18.2 Å². The lowest BCUT2D eigenvalue weighted by atomic mass is 10.3. The van der Waals surface area contributed by atoms with Crippen LogP contribution >= 0.6 is 59.1 Å². The van der Waals surface area contributed by atoms with Crippen molar-refractivity contribution in [1.29, 1.82) is 0 Å². The summed E-state index contributed by atoms with van der Waals surface area (Å²) in [6.45, 7) is 0. The number of fused-ring (bicyclic) bond motifs is 1. The second-order valence-corrected chi connectivity index (χ2v) is 10.3. The quantitative estimate of drug-likeness (QED) is 0.604. The first-order chi connectivity index (χ1) is 6.07. The molecule has 1 nitrogen and oxygen atoms in total. The van der Waals surface area contributed by atoms with E-state index in [4.69, 9.17) is 0 Å². The van der Waals surface area contributed by atoms with Gasteiger partial charge in [-0.1, -0.05) is 59.9 Å². The molecule has 0 saturated carbocycles. The van der Waals surface area contributed by atoms with Crippen molar-refractivity contribution in [3.63, 3.8) is 0 Å². The summed E-state index contributed by atoms with van der Waals surface area (Å²) >= 11 is 12.0. The molecule has 0 fully saturated rings. The Labute approximate surface area is 105 Å². The molecule has 0 atom stereocenters. The number of rotatable bonds is 0. The molecule has 13 heavy (non-hydrogen) atoms. The average molecular weight is 386 g/mol. The fourth-order valence-corrected chi connectivity index (χ4v) is 2.82. The standard InChI is InChI=1S/C8H4Br3NS/c9-8(10,11)7-12-5-3-1-2-4-6(5)13-7/h1-4H. The van der Waals surface area contributed by atoms with E-state index < -0.39 is 2.14 Å². The van der Waals surface area contributed by atoms with Crippen molar-refractivity contribution >= 4 is 69.3 Å². The van der Waals surface area contributed by atoms with E-state index in [1.54, 1.807) is 11.3 Å². The first-order valence-electron chi connectivity index (χ1n) is 3.50. The zero-order chi connectivity index (χ0) is 9.47. The third-order valence-corrected chi connectivity index (χ3v) is 4.61. The van der Waals surface area contributed by atoms with Crippen LogP contribution < -0.4 is 0 Å². The third-order valence-electron chi connectivity index (χ3n) is 1.54. The molecular weight excluding hydrogens is 382 g/mol. The molecule has 0 unspecified atom stereocenters. The van der Waals surface area contributed by atoms with Gasteiger partial charge in [0.1, 0.15) is 5.01 Å². The smallest absolute Gasteiger partial charge is 0.186 e. The number of hydrogen-bond donors (Lipinski definition) is 0. The summed E-state index contributed by atoms with van der Waals surface area (Å²) in [6.07, 6.45) is 0. The minimum atomic E-state index is -0.392. The molecule has 0 N–H and O–H groups in total. The van der Waals surface area contributed by atoms with Crippen LogP contribution in [0.15, 0.2) is 24.3 Å². The second kappa shape index (κ2) is 3.61. The molecule has 0 aliphatic heterocycles. The highest BCUT2D eigenvalue weighted by Gasteiger charge is 2.25. The Morgan fingerprint density at radius 3 is 2.46 bits per heavy atom. The Morgan fingerprint density at radius 1 is 1.15 bits per heavy atom. The number of thiazole rings is 1. The Bertz CT molecular complexity index is 399. The van der Waals surface area contributed by atoms with Gasteiger partial charge in [-0.15, -0.1) is 11.3 Å². The number of hydrogen-bond acceptors (Lipinski definition) is 2. The number of benzene rings is 1. The van der Waals surface area contributed by atoms with E-state index in [0.29, 0.717) is 0 Å². The number of aromatic nitrogens is 1. The molecule has 0 aliphatic rings. The van der Waals surface area contributed by atoms with Crippen LogP contribution in [-0.2, 0) is 2.14 Å². The lowest BCUT2D eigenvalue weighted by Crippen LogP contribution is -1.94. The summed E-state index contributed by atoms with van der Waals surface area (Å²) < 4.78 is 0.802. The minimum absolute atomic E-state index is 0.392. The van der Waals surface area contributed by atoms with E-state index in [1.165, 1.54) is 4.70 Å². The lowest BCUT2D eigenvalue weighted by molar-refractivity contribution is 1.28. The van der Waals surface area contributed by atoms with E-state index in [9.17, 15) is 0 Å². The number of alkyl halides is 3. The first-order valence-corrected chi connectivity index (χ1v) is 6.70. The SMILES string of the molecule is BrC(Br)(Br)c1nc2ccccc2s1. The van der Waals surface area contributed by atoms with E-state index in [2.05, 4.69) is 58.8 Å². The van der Waals surface area contributed by atoms with Crippen molar-refractivity contribution in [2.45, 2.75) is 2.14 Å². The highest BCUT2D eigenvalue weighted by molar-refractivity contribution is 9.38. The van der Waals surface area contributed by atoms with E-state index in [-0.39, 0.29) is 0 Å². The van der Waals surface area contributed by atoms with Gasteiger partial charge in [-0.2, -0.15) is 0 Å². The summed E-state index contributed by atoms with van der Waals surface area (Å²) in [5.41, 5.74) is 1.03. The van der Waals surface area contributed by atoms with Crippen LogP contribution in [0, 0.1) is 0 Å². The molecule has 5 heteroatoms. The van der Waals surface area contributed by atoms with Gasteiger partial charge in [-0.3, -0.25) is 0 Å². The Morgan fingerprint density at radius 2 is 1.85 bits per heavy atom. The van der Waals surface area contributed by atoms with Gasteiger partial charge in [0.05, 0.1) is 10.2 Å². The summed E-state index contributed by atoms with van der Waals surface area (Å²) in [6, 6.07) is 8.08. The van der Waals surface area contributed by atoms with Crippen LogP contribution in [0.1, 0.15) is 5.01 Å². The monoisotopic (exact) mass is 383 g/mol. The van der Waals surface area contributed by atoms with Crippen molar-refractivity contribution < 1.29 is 0 Å². The Kier molecular flexibility index (Phi) is 2.80. The van der Waals surface area contributed by atoms with Crippen LogP contribution in [0.2, 0.25) is 0 Å². The summed E-state index contributed by atoms with van der Waals surface area (Å²) in [5.74, 6) is 0. The van der Waals surface area contributed by atoms with Gasteiger partial charge in [0.15, 0.2) is 2.14 Å². The number of nitrogens with zero attached hydrogens (tertiary/aromatic N) is 1. The molecule has 68 valence electrons. The maximum atomic E-state index is 4.46. The fraction of sp³-hybridized carbons (Fsp3) is 0.125. The highest BCUT2D eigenvalue weighted by atomic mass is 80.0. The Hall–Kier alpha value is 0.550. The molecular formula is C8H4Br3NS. The molecule has 1 heterocycles. The van der Waals surface area contributed by atoms with Crippen molar-refractivity contribution in [3.05, 3.63) is 29.3 Å².